The molecule has 0 spiro atoms. The number of rotatable bonds is 7. The normalized spacial score (nSPS) is 16.5. The molecule has 0 saturated carbocycles. The summed E-state index contributed by atoms with van der Waals surface area (Å²) < 4.78 is 0. The van der Waals surface area contributed by atoms with Crippen molar-refractivity contribution in [3.8, 4) is 0 Å². The van der Waals surface area contributed by atoms with Crippen molar-refractivity contribution in [2.75, 3.05) is 18.4 Å². The first kappa shape index (κ1) is 20.4. The first-order chi connectivity index (χ1) is 12.9. The van der Waals surface area contributed by atoms with E-state index in [0.29, 0.717) is 30.6 Å². The summed E-state index contributed by atoms with van der Waals surface area (Å²) in [6.45, 7) is 2.43. The number of piperidine rings is 1. The number of likely N-dealkylation sites (tertiary alicyclic amines) is 1. The lowest BCUT2D eigenvalue weighted by Gasteiger charge is -2.34. The largest absolute Gasteiger partial charge is 0.481 e. The maximum Gasteiger partial charge on any atom is 0.305 e. The number of carboxylic acid groups (broad SMARTS) is 1. The minimum absolute atomic E-state index is 0.0248. The fraction of sp³-hybridized carbons (Fsp3) is 0.474. The molecule has 1 atom stereocenters. The molecule has 3 N–H and O–H groups in total. The fourth-order valence-electron chi connectivity index (χ4n) is 3.02. The number of nitrogens with one attached hydrogen (secondary N) is 2. The Labute approximate surface area is 157 Å². The number of nitrogens with zero attached hydrogens (tertiary/aromatic N) is 1. The summed E-state index contributed by atoms with van der Waals surface area (Å²) in [6.07, 6.45) is 2.67. The minimum Gasteiger partial charge on any atom is -0.481 e. The molecule has 1 unspecified atom stereocenters. The van der Waals surface area contributed by atoms with Gasteiger partial charge in [-0.1, -0.05) is 6.92 Å². The van der Waals surface area contributed by atoms with Gasteiger partial charge in [0.2, 0.25) is 11.8 Å². The molecule has 8 nitrogen and oxygen atoms in total. The maximum atomic E-state index is 12.6. The number of carbonyl (C=O) groups is 4. The lowest BCUT2D eigenvalue weighted by atomic mass is 10.0. The van der Waals surface area contributed by atoms with Crippen molar-refractivity contribution in [1.82, 2.24) is 10.2 Å². The van der Waals surface area contributed by atoms with Crippen LogP contribution in [0, 0.1) is 0 Å². The quantitative estimate of drug-likeness (QED) is 0.670. The van der Waals surface area contributed by atoms with E-state index in [9.17, 15) is 19.2 Å². The lowest BCUT2D eigenvalue weighted by Crippen LogP contribution is -2.49. The summed E-state index contributed by atoms with van der Waals surface area (Å²) in [5.74, 6) is -1.61. The number of carbonyl (C=O) groups excluding carboxylic acids is 3. The second kappa shape index (κ2) is 9.70. The van der Waals surface area contributed by atoms with Crippen molar-refractivity contribution in [3.63, 3.8) is 0 Å². The predicted octanol–water partition coefficient (Wildman–Crippen LogP) is 1.62. The van der Waals surface area contributed by atoms with Gasteiger partial charge in [0.1, 0.15) is 6.04 Å². The molecular formula is C19H25N3O5. The average molecular weight is 375 g/mol. The molecule has 1 aromatic carbocycles. The molecule has 0 aliphatic carbocycles. The number of anilines is 1. The van der Waals surface area contributed by atoms with Crippen LogP contribution >= 0.6 is 0 Å². The van der Waals surface area contributed by atoms with E-state index in [0.717, 1.165) is 12.8 Å². The fourth-order valence-corrected chi connectivity index (χ4v) is 3.02. The van der Waals surface area contributed by atoms with Gasteiger partial charge in [-0.3, -0.25) is 19.2 Å². The molecule has 1 aliphatic heterocycles. The number of benzene rings is 1. The number of aliphatic carboxylic acids is 1. The van der Waals surface area contributed by atoms with Crippen LogP contribution in [0.2, 0.25) is 0 Å². The van der Waals surface area contributed by atoms with E-state index in [1.54, 1.807) is 36.1 Å². The third kappa shape index (κ3) is 5.80. The van der Waals surface area contributed by atoms with Crippen molar-refractivity contribution in [2.45, 2.75) is 45.1 Å². The molecule has 1 saturated heterocycles. The van der Waals surface area contributed by atoms with Gasteiger partial charge in [-0.25, -0.2) is 0 Å². The zero-order valence-corrected chi connectivity index (χ0v) is 15.4. The monoisotopic (exact) mass is 375 g/mol. The third-order valence-electron chi connectivity index (χ3n) is 4.47. The Balaban J connectivity index is 1.94. The number of hydrogen-bond donors (Lipinski definition) is 3. The zero-order chi connectivity index (χ0) is 19.8. The minimum atomic E-state index is -0.980. The van der Waals surface area contributed by atoms with E-state index >= 15 is 0 Å². The summed E-state index contributed by atoms with van der Waals surface area (Å²) >= 11 is 0. The molecule has 0 bridgehead atoms. The second-order valence-corrected chi connectivity index (χ2v) is 6.42. The molecular weight excluding hydrogens is 350 g/mol. The number of amides is 3. The lowest BCUT2D eigenvalue weighted by molar-refractivity contribution is -0.140. The molecule has 0 radical (unpaired) electrons. The van der Waals surface area contributed by atoms with Crippen LogP contribution in [0.3, 0.4) is 0 Å². The van der Waals surface area contributed by atoms with E-state index in [1.165, 1.54) is 0 Å². The van der Waals surface area contributed by atoms with Gasteiger partial charge in [0.15, 0.2) is 0 Å². The standard InChI is InChI=1S/C19H25N3O5/c1-2-16(23)22-12-4-3-5-15(22)19(27)21-14-8-6-13(7-9-14)18(26)20-11-10-17(24)25/h6-9,15H,2-5,10-12H2,1H3,(H,20,26)(H,21,27)(H,24,25). The number of carboxylic acids is 1. The molecule has 8 heteroatoms. The van der Waals surface area contributed by atoms with Crippen LogP contribution in [0.25, 0.3) is 0 Å². The van der Waals surface area contributed by atoms with Crippen molar-refractivity contribution in [3.05, 3.63) is 29.8 Å². The highest BCUT2D eigenvalue weighted by Crippen LogP contribution is 2.20. The van der Waals surface area contributed by atoms with Crippen LogP contribution in [0.1, 0.15) is 49.4 Å². The van der Waals surface area contributed by atoms with E-state index < -0.39 is 12.0 Å². The highest BCUT2D eigenvalue weighted by Gasteiger charge is 2.31. The molecule has 1 aliphatic rings. The maximum absolute atomic E-state index is 12.6. The Hall–Kier alpha value is -2.90. The van der Waals surface area contributed by atoms with Crippen LogP contribution in [-0.4, -0.2) is 52.8 Å². The van der Waals surface area contributed by atoms with E-state index in [1.807, 2.05) is 0 Å². The van der Waals surface area contributed by atoms with Gasteiger partial charge in [-0.2, -0.15) is 0 Å². The van der Waals surface area contributed by atoms with Gasteiger partial charge in [0.05, 0.1) is 6.42 Å². The van der Waals surface area contributed by atoms with Crippen molar-refractivity contribution < 1.29 is 24.3 Å². The van der Waals surface area contributed by atoms with Crippen molar-refractivity contribution in [2.24, 2.45) is 0 Å². The topological polar surface area (TPSA) is 116 Å². The van der Waals surface area contributed by atoms with Crippen LogP contribution in [-0.2, 0) is 14.4 Å². The van der Waals surface area contributed by atoms with Gasteiger partial charge in [0.25, 0.3) is 5.91 Å². The summed E-state index contributed by atoms with van der Waals surface area (Å²) in [5, 5.41) is 13.9. The third-order valence-corrected chi connectivity index (χ3v) is 4.47. The van der Waals surface area contributed by atoms with Gasteiger partial charge in [0, 0.05) is 30.8 Å². The molecule has 1 fully saturated rings. The molecule has 1 aromatic rings. The summed E-state index contributed by atoms with van der Waals surface area (Å²) in [7, 11) is 0. The van der Waals surface area contributed by atoms with Gasteiger partial charge < -0.3 is 20.6 Å². The van der Waals surface area contributed by atoms with Crippen LogP contribution in [0.5, 0.6) is 0 Å². The summed E-state index contributed by atoms with van der Waals surface area (Å²) in [4.78, 5) is 48.7. The second-order valence-electron chi connectivity index (χ2n) is 6.42. The SMILES string of the molecule is CCC(=O)N1CCCCC1C(=O)Nc1ccc(C(=O)NCCC(=O)O)cc1. The highest BCUT2D eigenvalue weighted by atomic mass is 16.4. The smallest absolute Gasteiger partial charge is 0.305 e. The van der Waals surface area contributed by atoms with Crippen LogP contribution in [0.15, 0.2) is 24.3 Å². The van der Waals surface area contributed by atoms with Crippen LogP contribution < -0.4 is 10.6 Å². The van der Waals surface area contributed by atoms with E-state index in [4.69, 9.17) is 5.11 Å². The molecule has 3 amide bonds. The molecule has 27 heavy (non-hydrogen) atoms. The Bertz CT molecular complexity index is 702. The molecule has 1 heterocycles. The molecule has 0 aromatic heterocycles. The molecule has 146 valence electrons. The first-order valence-electron chi connectivity index (χ1n) is 9.12. The van der Waals surface area contributed by atoms with Gasteiger partial charge in [-0.15, -0.1) is 0 Å². The van der Waals surface area contributed by atoms with E-state index in [-0.39, 0.29) is 30.7 Å². The summed E-state index contributed by atoms with van der Waals surface area (Å²) in [5.41, 5.74) is 0.912. The Morgan fingerprint density at radius 2 is 1.85 bits per heavy atom. The predicted molar refractivity (Wildman–Crippen MR) is 99.3 cm³/mol. The Kier molecular flexibility index (Phi) is 7.34. The van der Waals surface area contributed by atoms with E-state index in [2.05, 4.69) is 10.6 Å². The Morgan fingerprint density at radius 3 is 2.48 bits per heavy atom. The van der Waals surface area contributed by atoms with Crippen LogP contribution in [0.4, 0.5) is 5.69 Å². The van der Waals surface area contributed by atoms with Crippen molar-refractivity contribution >= 4 is 29.4 Å². The first-order valence-corrected chi connectivity index (χ1v) is 9.12. The van der Waals surface area contributed by atoms with Crippen molar-refractivity contribution in [1.29, 1.82) is 0 Å². The Morgan fingerprint density at radius 1 is 1.15 bits per heavy atom. The zero-order valence-electron chi connectivity index (χ0n) is 15.4. The highest BCUT2D eigenvalue weighted by molar-refractivity contribution is 5.98. The summed E-state index contributed by atoms with van der Waals surface area (Å²) in [6, 6.07) is 5.87. The average Bonchev–Trinajstić information content (AvgIpc) is 2.67. The van der Waals surface area contributed by atoms with Gasteiger partial charge >= 0.3 is 5.97 Å². The number of hydrogen-bond acceptors (Lipinski definition) is 4. The van der Waals surface area contributed by atoms with Gasteiger partial charge in [-0.05, 0) is 43.5 Å². The molecule has 2 rings (SSSR count).